The Bertz CT molecular complexity index is 726. The number of aromatic nitrogens is 2. The van der Waals surface area contributed by atoms with Gasteiger partial charge in [-0.25, -0.2) is 0 Å². The predicted molar refractivity (Wildman–Crippen MR) is 85.8 cm³/mol. The first-order valence-electron chi connectivity index (χ1n) is 6.17. The summed E-state index contributed by atoms with van der Waals surface area (Å²) in [6.45, 7) is 0. The molecule has 0 spiro atoms. The molecule has 3 aromatic rings. The van der Waals surface area contributed by atoms with E-state index in [1.807, 2.05) is 36.4 Å². The predicted octanol–water partition coefficient (Wildman–Crippen LogP) is 5.34. The molecule has 6 heteroatoms. The molecule has 0 aliphatic rings. The van der Waals surface area contributed by atoms with E-state index in [0.29, 0.717) is 16.1 Å². The summed E-state index contributed by atoms with van der Waals surface area (Å²) in [5.74, 6) is 1.24. The van der Waals surface area contributed by atoms with Crippen molar-refractivity contribution in [1.82, 2.24) is 10.2 Å². The van der Waals surface area contributed by atoms with Crippen LogP contribution < -0.4 is 0 Å². The smallest absolute Gasteiger partial charge is 0.277 e. The Labute approximate surface area is 136 Å². The zero-order valence-electron chi connectivity index (χ0n) is 10.8. The molecule has 0 amide bonds. The van der Waals surface area contributed by atoms with Crippen molar-refractivity contribution in [3.63, 3.8) is 0 Å². The van der Waals surface area contributed by atoms with Crippen LogP contribution in [0.4, 0.5) is 0 Å². The van der Waals surface area contributed by atoms with E-state index in [1.54, 1.807) is 12.1 Å². The summed E-state index contributed by atoms with van der Waals surface area (Å²) < 4.78 is 5.63. The molecular weight excluding hydrogens is 327 g/mol. The molecule has 0 aliphatic carbocycles. The van der Waals surface area contributed by atoms with Crippen molar-refractivity contribution < 1.29 is 4.42 Å². The first-order valence-corrected chi connectivity index (χ1v) is 7.91. The molecule has 0 bridgehead atoms. The lowest BCUT2D eigenvalue weighted by Gasteiger charge is -1.98. The molecule has 0 unspecified atom stereocenters. The van der Waals surface area contributed by atoms with Gasteiger partial charge < -0.3 is 4.42 Å². The van der Waals surface area contributed by atoms with Crippen LogP contribution in [0.2, 0.25) is 10.0 Å². The molecule has 0 atom stereocenters. The van der Waals surface area contributed by atoms with Gasteiger partial charge in [0.25, 0.3) is 5.22 Å². The minimum atomic E-state index is 0.491. The highest BCUT2D eigenvalue weighted by Gasteiger charge is 2.09. The molecule has 2 aromatic carbocycles. The van der Waals surface area contributed by atoms with Gasteiger partial charge in [0.05, 0.1) is 0 Å². The van der Waals surface area contributed by atoms with Gasteiger partial charge in [0.1, 0.15) is 0 Å². The summed E-state index contributed by atoms with van der Waals surface area (Å²) in [7, 11) is 0. The lowest BCUT2D eigenvalue weighted by atomic mass is 10.2. The molecular formula is C15H10Cl2N2OS. The zero-order chi connectivity index (χ0) is 14.7. The average molecular weight is 337 g/mol. The van der Waals surface area contributed by atoms with Crippen molar-refractivity contribution in [2.45, 2.75) is 11.0 Å². The van der Waals surface area contributed by atoms with Gasteiger partial charge in [-0.3, -0.25) is 0 Å². The van der Waals surface area contributed by atoms with Crippen molar-refractivity contribution in [1.29, 1.82) is 0 Å². The van der Waals surface area contributed by atoms with Gasteiger partial charge in [-0.2, -0.15) is 0 Å². The minimum Gasteiger partial charge on any atom is -0.411 e. The number of benzene rings is 2. The number of nitrogens with zero attached hydrogens (tertiary/aromatic N) is 2. The second-order valence-electron chi connectivity index (χ2n) is 4.30. The van der Waals surface area contributed by atoms with Crippen LogP contribution in [0.25, 0.3) is 11.5 Å². The average Bonchev–Trinajstić information content (AvgIpc) is 2.96. The first kappa shape index (κ1) is 14.4. The third-order valence-electron chi connectivity index (χ3n) is 2.77. The number of hydrogen-bond acceptors (Lipinski definition) is 4. The molecule has 1 aromatic heterocycles. The lowest BCUT2D eigenvalue weighted by molar-refractivity contribution is 0.466. The van der Waals surface area contributed by atoms with Crippen LogP contribution in [0.15, 0.2) is 58.2 Å². The number of thioether (sulfide) groups is 1. The zero-order valence-corrected chi connectivity index (χ0v) is 13.1. The van der Waals surface area contributed by atoms with Gasteiger partial charge in [0, 0.05) is 21.4 Å². The number of hydrogen-bond donors (Lipinski definition) is 0. The van der Waals surface area contributed by atoms with E-state index in [-0.39, 0.29) is 0 Å². The Morgan fingerprint density at radius 3 is 2.14 bits per heavy atom. The molecule has 0 saturated carbocycles. The summed E-state index contributed by atoms with van der Waals surface area (Å²) in [5.41, 5.74) is 2.00. The van der Waals surface area contributed by atoms with Crippen molar-refractivity contribution in [2.24, 2.45) is 0 Å². The Kier molecular flexibility index (Phi) is 4.48. The van der Waals surface area contributed by atoms with E-state index in [9.17, 15) is 0 Å². The summed E-state index contributed by atoms with van der Waals surface area (Å²) in [4.78, 5) is 0. The Morgan fingerprint density at radius 2 is 1.48 bits per heavy atom. The number of halogens is 2. The molecule has 3 nitrogen and oxygen atoms in total. The second kappa shape index (κ2) is 6.52. The molecule has 3 rings (SSSR count). The molecule has 1 heterocycles. The third kappa shape index (κ3) is 3.79. The number of rotatable bonds is 4. The maximum absolute atomic E-state index is 5.85. The van der Waals surface area contributed by atoms with Crippen LogP contribution in [0.5, 0.6) is 0 Å². The second-order valence-corrected chi connectivity index (χ2v) is 6.09. The van der Waals surface area contributed by atoms with Crippen molar-refractivity contribution in [2.75, 3.05) is 0 Å². The summed E-state index contributed by atoms with van der Waals surface area (Å²) in [6.07, 6.45) is 0. The van der Waals surface area contributed by atoms with Crippen molar-refractivity contribution >= 4 is 35.0 Å². The highest BCUT2D eigenvalue weighted by molar-refractivity contribution is 7.98. The Hall–Kier alpha value is -1.49. The van der Waals surface area contributed by atoms with Crippen molar-refractivity contribution in [3.05, 3.63) is 64.1 Å². The van der Waals surface area contributed by atoms with E-state index < -0.39 is 0 Å². The molecule has 0 saturated heterocycles. The Morgan fingerprint density at radius 1 is 0.857 bits per heavy atom. The molecule has 0 N–H and O–H groups in total. The molecule has 0 radical (unpaired) electrons. The SMILES string of the molecule is Clc1ccc(CSc2nnc(-c3ccc(Cl)cc3)o2)cc1. The quantitative estimate of drug-likeness (QED) is 0.603. The highest BCUT2D eigenvalue weighted by Crippen LogP contribution is 2.26. The first-order chi connectivity index (χ1) is 10.2. The third-order valence-corrected chi connectivity index (χ3v) is 4.17. The van der Waals surface area contributed by atoms with Gasteiger partial charge in [-0.05, 0) is 42.0 Å². The maximum Gasteiger partial charge on any atom is 0.277 e. The summed E-state index contributed by atoms with van der Waals surface area (Å²) >= 11 is 13.2. The largest absolute Gasteiger partial charge is 0.411 e. The van der Waals surface area contributed by atoms with Crippen LogP contribution in [0.1, 0.15) is 5.56 Å². The van der Waals surface area contributed by atoms with Crippen LogP contribution >= 0.6 is 35.0 Å². The van der Waals surface area contributed by atoms with E-state index in [4.69, 9.17) is 27.6 Å². The van der Waals surface area contributed by atoms with Gasteiger partial charge in [0.2, 0.25) is 5.89 Å². The van der Waals surface area contributed by atoms with Crippen molar-refractivity contribution in [3.8, 4) is 11.5 Å². The van der Waals surface area contributed by atoms with E-state index in [0.717, 1.165) is 21.9 Å². The topological polar surface area (TPSA) is 38.9 Å². The Balaban J connectivity index is 1.67. The van der Waals surface area contributed by atoms with Crippen LogP contribution in [0.3, 0.4) is 0 Å². The fraction of sp³-hybridized carbons (Fsp3) is 0.0667. The van der Waals surface area contributed by atoms with Gasteiger partial charge in [-0.1, -0.05) is 47.1 Å². The summed E-state index contributed by atoms with van der Waals surface area (Å²) in [5, 5.41) is 10.0. The van der Waals surface area contributed by atoms with E-state index >= 15 is 0 Å². The normalized spacial score (nSPS) is 10.8. The fourth-order valence-electron chi connectivity index (χ4n) is 1.70. The lowest BCUT2D eigenvalue weighted by Crippen LogP contribution is -1.79. The van der Waals surface area contributed by atoms with Crippen LogP contribution in [-0.2, 0) is 5.75 Å². The van der Waals surface area contributed by atoms with E-state index in [1.165, 1.54) is 11.8 Å². The van der Waals surface area contributed by atoms with Gasteiger partial charge in [0.15, 0.2) is 0 Å². The van der Waals surface area contributed by atoms with E-state index in [2.05, 4.69) is 10.2 Å². The minimum absolute atomic E-state index is 0.491. The maximum atomic E-state index is 5.85. The standard InChI is InChI=1S/C15H10Cl2N2OS/c16-12-5-1-10(2-6-12)9-21-15-19-18-14(20-15)11-3-7-13(17)8-4-11/h1-8H,9H2. The molecule has 0 aliphatic heterocycles. The molecule has 21 heavy (non-hydrogen) atoms. The van der Waals surface area contributed by atoms with Gasteiger partial charge in [-0.15, -0.1) is 10.2 Å². The fourth-order valence-corrected chi connectivity index (χ4v) is 2.67. The van der Waals surface area contributed by atoms with Crippen LogP contribution in [0, 0.1) is 0 Å². The molecule has 106 valence electrons. The molecule has 0 fully saturated rings. The highest BCUT2D eigenvalue weighted by atomic mass is 35.5. The van der Waals surface area contributed by atoms with Gasteiger partial charge >= 0.3 is 0 Å². The summed E-state index contributed by atoms with van der Waals surface area (Å²) in [6, 6.07) is 15.0. The monoisotopic (exact) mass is 336 g/mol. The van der Waals surface area contributed by atoms with Crippen LogP contribution in [-0.4, -0.2) is 10.2 Å².